The summed E-state index contributed by atoms with van der Waals surface area (Å²) in [5.74, 6) is 0.333. The summed E-state index contributed by atoms with van der Waals surface area (Å²) in [6, 6.07) is 15.2. The molecule has 0 atom stereocenters. The van der Waals surface area contributed by atoms with E-state index in [9.17, 15) is 9.90 Å². The second-order valence-electron chi connectivity index (χ2n) is 5.86. The van der Waals surface area contributed by atoms with Crippen LogP contribution in [0.15, 0.2) is 54.6 Å². The largest absolute Gasteiger partial charge is 0.508 e. The van der Waals surface area contributed by atoms with E-state index in [2.05, 4.69) is 36.1 Å². The van der Waals surface area contributed by atoms with Crippen LogP contribution in [-0.4, -0.2) is 29.4 Å². The van der Waals surface area contributed by atoms with Crippen LogP contribution in [0.4, 0.5) is 0 Å². The van der Waals surface area contributed by atoms with Crippen molar-refractivity contribution >= 4 is 11.9 Å². The standard InChI is InChI=1S/C20H23NO2/c1-16-3-5-18(6-4-16)15-21(2)14-13-20(23)12-9-17-7-10-19(22)11-8-17/h3-12,22H,13-15H2,1-2H3/b12-9+. The number of phenolic OH excluding ortho intramolecular Hbond substituents is 1. The van der Waals surface area contributed by atoms with Gasteiger partial charge in [-0.2, -0.15) is 0 Å². The van der Waals surface area contributed by atoms with Crippen molar-refractivity contribution < 1.29 is 9.90 Å². The molecule has 0 radical (unpaired) electrons. The van der Waals surface area contributed by atoms with Gasteiger partial charge in [0.15, 0.2) is 5.78 Å². The van der Waals surface area contributed by atoms with Crippen LogP contribution in [0.1, 0.15) is 23.1 Å². The van der Waals surface area contributed by atoms with E-state index in [1.807, 2.05) is 7.05 Å². The van der Waals surface area contributed by atoms with Crippen LogP contribution in [0.5, 0.6) is 5.75 Å². The minimum Gasteiger partial charge on any atom is -0.508 e. The van der Waals surface area contributed by atoms with Gasteiger partial charge < -0.3 is 10.0 Å². The van der Waals surface area contributed by atoms with Gasteiger partial charge in [0.25, 0.3) is 0 Å². The monoisotopic (exact) mass is 309 g/mol. The van der Waals surface area contributed by atoms with E-state index in [1.165, 1.54) is 11.1 Å². The van der Waals surface area contributed by atoms with Gasteiger partial charge in [-0.3, -0.25) is 4.79 Å². The molecule has 0 saturated carbocycles. The molecule has 0 amide bonds. The Morgan fingerprint density at radius 1 is 1.09 bits per heavy atom. The smallest absolute Gasteiger partial charge is 0.156 e. The number of carbonyl (C=O) groups is 1. The van der Waals surface area contributed by atoms with E-state index < -0.39 is 0 Å². The van der Waals surface area contributed by atoms with Gasteiger partial charge in [-0.1, -0.05) is 48.0 Å². The molecule has 0 aliphatic rings. The van der Waals surface area contributed by atoms with Crippen molar-refractivity contribution in [1.29, 1.82) is 0 Å². The number of ketones is 1. The first kappa shape index (κ1) is 17.0. The lowest BCUT2D eigenvalue weighted by Crippen LogP contribution is -2.20. The summed E-state index contributed by atoms with van der Waals surface area (Å²) in [5.41, 5.74) is 3.42. The first-order valence-corrected chi connectivity index (χ1v) is 7.77. The molecular weight excluding hydrogens is 286 g/mol. The molecule has 2 rings (SSSR count). The maximum atomic E-state index is 11.9. The normalized spacial score (nSPS) is 11.3. The first-order valence-electron chi connectivity index (χ1n) is 7.77. The average molecular weight is 309 g/mol. The van der Waals surface area contributed by atoms with Gasteiger partial charge in [0, 0.05) is 19.5 Å². The van der Waals surface area contributed by atoms with Crippen molar-refractivity contribution in [3.63, 3.8) is 0 Å². The van der Waals surface area contributed by atoms with Crippen molar-refractivity contribution in [3.05, 3.63) is 71.3 Å². The zero-order chi connectivity index (χ0) is 16.7. The molecular formula is C20H23NO2. The fraction of sp³-hybridized carbons (Fsp3) is 0.250. The van der Waals surface area contributed by atoms with E-state index in [1.54, 1.807) is 36.4 Å². The summed E-state index contributed by atoms with van der Waals surface area (Å²) in [6.07, 6.45) is 3.88. The lowest BCUT2D eigenvalue weighted by atomic mass is 10.1. The zero-order valence-electron chi connectivity index (χ0n) is 13.7. The average Bonchev–Trinajstić information content (AvgIpc) is 2.54. The lowest BCUT2D eigenvalue weighted by molar-refractivity contribution is -0.114. The van der Waals surface area contributed by atoms with Crippen molar-refractivity contribution in [1.82, 2.24) is 4.90 Å². The van der Waals surface area contributed by atoms with Crippen LogP contribution in [0.25, 0.3) is 6.08 Å². The van der Waals surface area contributed by atoms with Crippen molar-refractivity contribution in [2.24, 2.45) is 0 Å². The molecule has 1 N–H and O–H groups in total. The summed E-state index contributed by atoms with van der Waals surface area (Å²) >= 11 is 0. The molecule has 2 aromatic carbocycles. The van der Waals surface area contributed by atoms with Gasteiger partial charge >= 0.3 is 0 Å². The quantitative estimate of drug-likeness (QED) is 0.791. The number of rotatable bonds is 7. The van der Waals surface area contributed by atoms with Crippen molar-refractivity contribution in [2.45, 2.75) is 19.9 Å². The highest BCUT2D eigenvalue weighted by molar-refractivity contribution is 5.93. The molecule has 2 aromatic rings. The topological polar surface area (TPSA) is 40.5 Å². The van der Waals surface area contributed by atoms with E-state index in [0.29, 0.717) is 6.42 Å². The summed E-state index contributed by atoms with van der Waals surface area (Å²) in [6.45, 7) is 3.65. The van der Waals surface area contributed by atoms with Gasteiger partial charge in [0.1, 0.15) is 5.75 Å². The van der Waals surface area contributed by atoms with Crippen LogP contribution < -0.4 is 0 Å². The Morgan fingerprint density at radius 3 is 2.39 bits per heavy atom. The number of hydrogen-bond acceptors (Lipinski definition) is 3. The predicted octanol–water partition coefficient (Wildman–Crippen LogP) is 3.81. The molecule has 0 spiro atoms. The van der Waals surface area contributed by atoms with Gasteiger partial charge in [-0.25, -0.2) is 0 Å². The van der Waals surface area contributed by atoms with Gasteiger partial charge in [-0.15, -0.1) is 0 Å². The molecule has 0 fully saturated rings. The number of allylic oxidation sites excluding steroid dienone is 1. The molecule has 0 bridgehead atoms. The first-order chi connectivity index (χ1) is 11.0. The number of hydrogen-bond donors (Lipinski definition) is 1. The van der Waals surface area contributed by atoms with Crippen LogP contribution in [0, 0.1) is 6.92 Å². The molecule has 23 heavy (non-hydrogen) atoms. The third kappa shape index (κ3) is 6.09. The highest BCUT2D eigenvalue weighted by Gasteiger charge is 2.03. The molecule has 0 aromatic heterocycles. The Bertz CT molecular complexity index is 657. The Morgan fingerprint density at radius 2 is 1.74 bits per heavy atom. The molecule has 0 saturated heterocycles. The summed E-state index contributed by atoms with van der Waals surface area (Å²) in [5, 5.41) is 9.22. The minimum absolute atomic E-state index is 0.105. The Hall–Kier alpha value is -2.39. The highest BCUT2D eigenvalue weighted by Crippen LogP contribution is 2.11. The van der Waals surface area contributed by atoms with Crippen LogP contribution in [0.3, 0.4) is 0 Å². The van der Waals surface area contributed by atoms with Crippen LogP contribution in [0.2, 0.25) is 0 Å². The van der Waals surface area contributed by atoms with E-state index >= 15 is 0 Å². The van der Waals surface area contributed by atoms with Gasteiger partial charge in [-0.05, 0) is 43.3 Å². The van der Waals surface area contributed by atoms with E-state index in [0.717, 1.165) is 18.7 Å². The van der Waals surface area contributed by atoms with E-state index in [4.69, 9.17) is 0 Å². The summed E-state index contributed by atoms with van der Waals surface area (Å²) in [7, 11) is 2.02. The van der Waals surface area contributed by atoms with Gasteiger partial charge in [0.05, 0.1) is 0 Å². The number of carbonyl (C=O) groups excluding carboxylic acids is 1. The number of aryl methyl sites for hydroxylation is 1. The zero-order valence-corrected chi connectivity index (χ0v) is 13.7. The number of phenols is 1. The maximum absolute atomic E-state index is 11.9. The van der Waals surface area contributed by atoms with Crippen molar-refractivity contribution in [3.8, 4) is 5.75 Å². The van der Waals surface area contributed by atoms with Crippen LogP contribution >= 0.6 is 0 Å². The van der Waals surface area contributed by atoms with Crippen LogP contribution in [-0.2, 0) is 11.3 Å². The third-order valence-corrected chi connectivity index (χ3v) is 3.67. The number of benzene rings is 2. The number of nitrogens with zero attached hydrogens (tertiary/aromatic N) is 1. The molecule has 120 valence electrons. The second-order valence-corrected chi connectivity index (χ2v) is 5.86. The fourth-order valence-corrected chi connectivity index (χ4v) is 2.24. The summed E-state index contributed by atoms with van der Waals surface area (Å²) in [4.78, 5) is 14.1. The lowest BCUT2D eigenvalue weighted by Gasteiger charge is -2.15. The molecule has 0 aliphatic carbocycles. The summed E-state index contributed by atoms with van der Waals surface area (Å²) < 4.78 is 0. The SMILES string of the molecule is Cc1ccc(CN(C)CCC(=O)/C=C/c2ccc(O)cc2)cc1. The fourth-order valence-electron chi connectivity index (χ4n) is 2.24. The Labute approximate surface area is 137 Å². The third-order valence-electron chi connectivity index (χ3n) is 3.67. The van der Waals surface area contributed by atoms with Gasteiger partial charge in [0.2, 0.25) is 0 Å². The Balaban J connectivity index is 1.77. The Kier molecular flexibility index (Phi) is 6.12. The molecule has 0 aliphatic heterocycles. The predicted molar refractivity (Wildman–Crippen MR) is 94.3 cm³/mol. The second kappa shape index (κ2) is 8.30. The molecule has 3 heteroatoms. The molecule has 0 unspecified atom stereocenters. The molecule has 0 heterocycles. The van der Waals surface area contributed by atoms with Crippen molar-refractivity contribution in [2.75, 3.05) is 13.6 Å². The highest BCUT2D eigenvalue weighted by atomic mass is 16.3. The molecule has 3 nitrogen and oxygen atoms in total. The maximum Gasteiger partial charge on any atom is 0.156 e. The van der Waals surface area contributed by atoms with E-state index in [-0.39, 0.29) is 11.5 Å². The minimum atomic E-state index is 0.105. The number of aromatic hydroxyl groups is 1.